The molecule has 0 aromatic carbocycles. The lowest BCUT2D eigenvalue weighted by Crippen LogP contribution is -1.86. The predicted molar refractivity (Wildman–Crippen MR) is 56.6 cm³/mol. The van der Waals surface area contributed by atoms with Crippen molar-refractivity contribution in [1.82, 2.24) is 4.98 Å². The molecular weight excluding hydrogens is 206 g/mol. The fraction of sp³-hybridized carbons (Fsp3) is 0.444. The first-order valence-electron chi connectivity index (χ1n) is 3.93. The van der Waals surface area contributed by atoms with Crippen LogP contribution in [0.15, 0.2) is 21.8 Å². The number of hydrogen-bond donors (Lipinski definition) is 0. The number of oxazole rings is 1. The molecule has 1 aromatic heterocycles. The second kappa shape index (κ2) is 4.72. The van der Waals surface area contributed by atoms with Crippen LogP contribution in [0.25, 0.3) is 0 Å². The molecule has 1 aromatic rings. The van der Waals surface area contributed by atoms with Crippen molar-refractivity contribution in [3.63, 3.8) is 0 Å². The van der Waals surface area contributed by atoms with Crippen LogP contribution in [0.2, 0.25) is 0 Å². The quantitative estimate of drug-likeness (QED) is 0.440. The highest BCUT2D eigenvalue weighted by molar-refractivity contribution is 7.99. The molecule has 0 saturated heterocycles. The van der Waals surface area contributed by atoms with Crippen molar-refractivity contribution in [3.05, 3.63) is 23.6 Å². The molecule has 0 aliphatic heterocycles. The molecule has 0 aliphatic carbocycles. The molecular formula is C9H12ClNOS. The minimum absolute atomic E-state index is 0.492. The number of aromatic nitrogens is 1. The second-order valence-electron chi connectivity index (χ2n) is 2.79. The topological polar surface area (TPSA) is 26.0 Å². The summed E-state index contributed by atoms with van der Waals surface area (Å²) < 4.78 is 5.38. The number of hydrogen-bond acceptors (Lipinski definition) is 3. The summed E-state index contributed by atoms with van der Waals surface area (Å²) >= 11 is 7.12. The molecule has 1 heterocycles. The minimum Gasteiger partial charge on any atom is -0.437 e. The standard InChI is InChI=1S/C9H12ClNOS/c1-6(4-10)5-13-9-11-7(2)8(3)12-9/h1,4-5H2,2-3H3. The Morgan fingerprint density at radius 2 is 2.31 bits per heavy atom. The van der Waals surface area contributed by atoms with Crippen LogP contribution in [0.5, 0.6) is 0 Å². The first-order valence-corrected chi connectivity index (χ1v) is 5.45. The summed E-state index contributed by atoms with van der Waals surface area (Å²) in [5.41, 5.74) is 1.93. The number of nitrogens with zero attached hydrogens (tertiary/aromatic N) is 1. The maximum absolute atomic E-state index is 5.59. The van der Waals surface area contributed by atoms with E-state index in [1.54, 1.807) is 0 Å². The molecule has 13 heavy (non-hydrogen) atoms. The molecule has 0 saturated carbocycles. The van der Waals surface area contributed by atoms with E-state index < -0.39 is 0 Å². The Morgan fingerprint density at radius 3 is 2.77 bits per heavy atom. The number of thioether (sulfide) groups is 1. The summed E-state index contributed by atoms with van der Waals surface area (Å²) in [6.07, 6.45) is 0. The fourth-order valence-corrected chi connectivity index (χ4v) is 1.73. The van der Waals surface area contributed by atoms with Crippen molar-refractivity contribution >= 4 is 23.4 Å². The summed E-state index contributed by atoms with van der Waals surface area (Å²) in [6.45, 7) is 7.63. The van der Waals surface area contributed by atoms with E-state index in [-0.39, 0.29) is 0 Å². The lowest BCUT2D eigenvalue weighted by molar-refractivity contribution is 0.431. The molecule has 0 aliphatic rings. The predicted octanol–water partition coefficient (Wildman–Crippen LogP) is 3.18. The molecule has 1 rings (SSSR count). The van der Waals surface area contributed by atoms with E-state index in [4.69, 9.17) is 16.0 Å². The van der Waals surface area contributed by atoms with Crippen molar-refractivity contribution in [3.8, 4) is 0 Å². The Hall–Kier alpha value is -0.410. The van der Waals surface area contributed by atoms with Gasteiger partial charge in [-0.2, -0.15) is 0 Å². The van der Waals surface area contributed by atoms with Crippen LogP contribution < -0.4 is 0 Å². The summed E-state index contributed by atoms with van der Waals surface area (Å²) in [5.74, 6) is 2.13. The molecule has 0 bridgehead atoms. The number of aryl methyl sites for hydroxylation is 2. The first kappa shape index (κ1) is 10.7. The lowest BCUT2D eigenvalue weighted by atomic mass is 10.4. The van der Waals surface area contributed by atoms with Gasteiger partial charge in [-0.25, -0.2) is 4.98 Å². The molecule has 4 heteroatoms. The van der Waals surface area contributed by atoms with Gasteiger partial charge in [-0.15, -0.1) is 11.6 Å². The third-order valence-electron chi connectivity index (χ3n) is 1.60. The number of rotatable bonds is 4. The second-order valence-corrected chi connectivity index (χ2v) is 3.99. The van der Waals surface area contributed by atoms with Gasteiger partial charge in [-0.1, -0.05) is 23.9 Å². The third kappa shape index (κ3) is 3.08. The summed E-state index contributed by atoms with van der Waals surface area (Å²) in [6, 6.07) is 0. The van der Waals surface area contributed by atoms with Crippen LogP contribution in [0, 0.1) is 13.8 Å². The van der Waals surface area contributed by atoms with Crippen molar-refractivity contribution in [2.45, 2.75) is 19.1 Å². The Balaban J connectivity index is 2.50. The molecule has 0 unspecified atom stereocenters. The van der Waals surface area contributed by atoms with Gasteiger partial charge in [0, 0.05) is 11.6 Å². The molecule has 0 radical (unpaired) electrons. The molecule has 0 spiro atoms. The Bertz CT molecular complexity index is 289. The maximum atomic E-state index is 5.59. The summed E-state index contributed by atoms with van der Waals surface area (Å²) in [7, 11) is 0. The molecule has 0 N–H and O–H groups in total. The minimum atomic E-state index is 0.492. The zero-order valence-electron chi connectivity index (χ0n) is 7.76. The molecule has 72 valence electrons. The van der Waals surface area contributed by atoms with Gasteiger partial charge in [0.1, 0.15) is 5.76 Å². The van der Waals surface area contributed by atoms with Gasteiger partial charge in [0.05, 0.1) is 5.69 Å². The van der Waals surface area contributed by atoms with E-state index in [0.717, 1.165) is 22.8 Å². The number of halogens is 1. The highest BCUT2D eigenvalue weighted by Gasteiger charge is 2.05. The van der Waals surface area contributed by atoms with Gasteiger partial charge < -0.3 is 4.42 Å². The van der Waals surface area contributed by atoms with Crippen LogP contribution in [0.1, 0.15) is 11.5 Å². The molecule has 2 nitrogen and oxygen atoms in total. The highest BCUT2D eigenvalue weighted by Crippen LogP contribution is 2.21. The lowest BCUT2D eigenvalue weighted by Gasteiger charge is -1.96. The van der Waals surface area contributed by atoms with Gasteiger partial charge in [0.15, 0.2) is 0 Å². The number of alkyl halides is 1. The van der Waals surface area contributed by atoms with Crippen LogP contribution in [0.3, 0.4) is 0 Å². The Morgan fingerprint density at radius 1 is 1.62 bits per heavy atom. The van der Waals surface area contributed by atoms with Crippen molar-refractivity contribution < 1.29 is 4.42 Å². The third-order valence-corrected chi connectivity index (χ3v) is 2.95. The van der Waals surface area contributed by atoms with E-state index in [0.29, 0.717) is 11.1 Å². The van der Waals surface area contributed by atoms with Crippen molar-refractivity contribution in [2.24, 2.45) is 0 Å². The van der Waals surface area contributed by atoms with Crippen LogP contribution in [0.4, 0.5) is 0 Å². The largest absolute Gasteiger partial charge is 0.437 e. The first-order chi connectivity index (χ1) is 6.13. The van der Waals surface area contributed by atoms with E-state index in [1.165, 1.54) is 11.8 Å². The Kier molecular flexibility index (Phi) is 3.88. The average Bonchev–Trinajstić information content (AvgIpc) is 2.42. The average molecular weight is 218 g/mol. The fourth-order valence-electron chi connectivity index (χ4n) is 0.707. The van der Waals surface area contributed by atoms with Crippen LogP contribution >= 0.6 is 23.4 Å². The van der Waals surface area contributed by atoms with Crippen molar-refractivity contribution in [2.75, 3.05) is 11.6 Å². The SMILES string of the molecule is C=C(CCl)CSc1nc(C)c(C)o1. The summed E-state index contributed by atoms with van der Waals surface area (Å²) in [4.78, 5) is 4.23. The van der Waals surface area contributed by atoms with Gasteiger partial charge in [0.2, 0.25) is 0 Å². The van der Waals surface area contributed by atoms with E-state index in [9.17, 15) is 0 Å². The zero-order chi connectivity index (χ0) is 9.84. The highest BCUT2D eigenvalue weighted by atomic mass is 35.5. The van der Waals surface area contributed by atoms with Gasteiger partial charge in [-0.05, 0) is 13.8 Å². The van der Waals surface area contributed by atoms with Crippen LogP contribution in [-0.4, -0.2) is 16.6 Å². The monoisotopic (exact) mass is 217 g/mol. The van der Waals surface area contributed by atoms with Gasteiger partial charge in [-0.3, -0.25) is 0 Å². The zero-order valence-corrected chi connectivity index (χ0v) is 9.34. The normalized spacial score (nSPS) is 10.4. The smallest absolute Gasteiger partial charge is 0.256 e. The van der Waals surface area contributed by atoms with E-state index in [1.807, 2.05) is 13.8 Å². The molecule has 0 atom stereocenters. The van der Waals surface area contributed by atoms with E-state index in [2.05, 4.69) is 11.6 Å². The van der Waals surface area contributed by atoms with Crippen LogP contribution in [-0.2, 0) is 0 Å². The van der Waals surface area contributed by atoms with Gasteiger partial charge >= 0.3 is 0 Å². The van der Waals surface area contributed by atoms with E-state index >= 15 is 0 Å². The van der Waals surface area contributed by atoms with Gasteiger partial charge in [0.25, 0.3) is 5.22 Å². The Labute approximate surface area is 87.4 Å². The molecule has 0 fully saturated rings. The molecule has 0 amide bonds. The maximum Gasteiger partial charge on any atom is 0.256 e. The van der Waals surface area contributed by atoms with Crippen molar-refractivity contribution in [1.29, 1.82) is 0 Å². The summed E-state index contributed by atoms with van der Waals surface area (Å²) in [5, 5.41) is 0.696.